The van der Waals surface area contributed by atoms with Crippen molar-refractivity contribution in [2.24, 2.45) is 0 Å². The molecule has 1 aromatic rings. The second kappa shape index (κ2) is 4.57. The third-order valence-electron chi connectivity index (χ3n) is 3.28. The van der Waals surface area contributed by atoms with E-state index in [9.17, 15) is 4.79 Å². The molecule has 96 valence electrons. The highest BCUT2D eigenvalue weighted by Gasteiger charge is 2.32. The molecule has 3 heterocycles. The molecule has 0 aromatic carbocycles. The Morgan fingerprint density at radius 2 is 2.39 bits per heavy atom. The first-order chi connectivity index (χ1) is 8.75. The lowest BCUT2D eigenvalue weighted by atomic mass is 10.2. The third kappa shape index (κ3) is 1.95. The van der Waals surface area contributed by atoms with Crippen molar-refractivity contribution in [3.8, 4) is 5.88 Å². The molecule has 5 heteroatoms. The van der Waals surface area contributed by atoms with Crippen LogP contribution < -0.4 is 9.64 Å². The summed E-state index contributed by atoms with van der Waals surface area (Å²) >= 11 is 0. The smallest absolute Gasteiger partial charge is 0.256 e. The molecule has 1 saturated heterocycles. The van der Waals surface area contributed by atoms with Gasteiger partial charge in [0.15, 0.2) is 0 Å². The van der Waals surface area contributed by atoms with E-state index in [-0.39, 0.29) is 12.0 Å². The molecular formula is C13H16N2O3. The van der Waals surface area contributed by atoms with Crippen molar-refractivity contribution in [3.63, 3.8) is 0 Å². The minimum atomic E-state index is -0.295. The average Bonchev–Trinajstić information content (AvgIpc) is 2.91. The Bertz CT molecular complexity index is 469. The Balaban J connectivity index is 1.90. The molecule has 0 unspecified atom stereocenters. The second-order valence-corrected chi connectivity index (χ2v) is 4.68. The van der Waals surface area contributed by atoms with Gasteiger partial charge in [0.1, 0.15) is 18.4 Å². The topological polar surface area (TPSA) is 51.7 Å². The molecule has 3 rings (SSSR count). The fraction of sp³-hybridized carbons (Fsp3) is 0.538. The van der Waals surface area contributed by atoms with Gasteiger partial charge >= 0.3 is 0 Å². The van der Waals surface area contributed by atoms with Crippen LogP contribution in [0.2, 0.25) is 0 Å². The molecule has 0 saturated carbocycles. The maximum atomic E-state index is 12.4. The highest BCUT2D eigenvalue weighted by Crippen LogP contribution is 2.31. The van der Waals surface area contributed by atoms with Crippen molar-refractivity contribution in [1.29, 1.82) is 0 Å². The number of carbonyl (C=O) groups excluding carboxylic acids is 1. The molecule has 0 aliphatic carbocycles. The van der Waals surface area contributed by atoms with Crippen LogP contribution in [-0.2, 0) is 9.53 Å². The molecule has 1 fully saturated rings. The van der Waals surface area contributed by atoms with E-state index in [1.165, 1.54) is 0 Å². The minimum Gasteiger partial charge on any atom is -0.474 e. The highest BCUT2D eigenvalue weighted by atomic mass is 16.5. The van der Waals surface area contributed by atoms with E-state index in [2.05, 4.69) is 4.98 Å². The van der Waals surface area contributed by atoms with Crippen LogP contribution >= 0.6 is 0 Å². The molecule has 1 atom stereocenters. The first kappa shape index (κ1) is 11.5. The summed E-state index contributed by atoms with van der Waals surface area (Å²) in [7, 11) is 0. The highest BCUT2D eigenvalue weighted by molar-refractivity contribution is 5.98. The first-order valence-electron chi connectivity index (χ1n) is 6.28. The van der Waals surface area contributed by atoms with Gasteiger partial charge < -0.3 is 14.4 Å². The third-order valence-corrected chi connectivity index (χ3v) is 3.28. The predicted octanol–water partition coefficient (Wildman–Crippen LogP) is 1.29. The maximum Gasteiger partial charge on any atom is 0.256 e. The molecule has 18 heavy (non-hydrogen) atoms. The second-order valence-electron chi connectivity index (χ2n) is 4.68. The number of aryl methyl sites for hydroxylation is 1. The van der Waals surface area contributed by atoms with E-state index in [0.717, 1.165) is 24.1 Å². The largest absolute Gasteiger partial charge is 0.474 e. The summed E-state index contributed by atoms with van der Waals surface area (Å²) in [6.07, 6.45) is 3.22. The van der Waals surface area contributed by atoms with E-state index < -0.39 is 0 Å². The van der Waals surface area contributed by atoms with E-state index in [0.29, 0.717) is 25.6 Å². The molecule has 0 bridgehead atoms. The fourth-order valence-electron chi connectivity index (χ4n) is 2.38. The van der Waals surface area contributed by atoms with Gasteiger partial charge in [-0.05, 0) is 31.4 Å². The number of fused-ring (bicyclic) bond motifs is 1. The summed E-state index contributed by atoms with van der Waals surface area (Å²) in [5.41, 5.74) is 1.78. The van der Waals surface area contributed by atoms with E-state index in [1.54, 1.807) is 11.1 Å². The number of anilines is 1. The first-order valence-corrected chi connectivity index (χ1v) is 6.28. The Hall–Kier alpha value is -1.62. The van der Waals surface area contributed by atoms with Crippen molar-refractivity contribution in [1.82, 2.24) is 4.98 Å². The lowest BCUT2D eigenvalue weighted by molar-refractivity contribution is -0.127. The zero-order chi connectivity index (χ0) is 12.5. The van der Waals surface area contributed by atoms with Gasteiger partial charge in [-0.2, -0.15) is 0 Å². The lowest BCUT2D eigenvalue weighted by Crippen LogP contribution is -2.43. The summed E-state index contributed by atoms with van der Waals surface area (Å²) in [6.45, 7) is 3.69. The molecule has 1 aromatic heterocycles. The SMILES string of the molecule is Cc1cnc2c(c1)N(C(=O)[C@@H]1CCCO1)CCO2. The van der Waals surface area contributed by atoms with Gasteiger partial charge in [-0.1, -0.05) is 0 Å². The molecule has 5 nitrogen and oxygen atoms in total. The standard InChI is InChI=1S/C13H16N2O3/c1-9-7-10-12(14-8-9)18-6-4-15(10)13(16)11-3-2-5-17-11/h7-8,11H,2-6H2,1H3/t11-/m0/s1. The molecule has 2 aliphatic rings. The number of carbonyl (C=O) groups is 1. The number of nitrogens with zero attached hydrogens (tertiary/aromatic N) is 2. The molecule has 0 radical (unpaired) electrons. The van der Waals surface area contributed by atoms with E-state index in [4.69, 9.17) is 9.47 Å². The Labute approximate surface area is 106 Å². The molecule has 1 amide bonds. The van der Waals surface area contributed by atoms with Crippen LogP contribution in [0, 0.1) is 6.92 Å². The van der Waals surface area contributed by atoms with Crippen LogP contribution in [0.4, 0.5) is 5.69 Å². The van der Waals surface area contributed by atoms with Crippen molar-refractivity contribution in [2.45, 2.75) is 25.9 Å². The average molecular weight is 248 g/mol. The van der Waals surface area contributed by atoms with Crippen molar-refractivity contribution in [2.75, 3.05) is 24.7 Å². The van der Waals surface area contributed by atoms with E-state index in [1.807, 2.05) is 13.0 Å². The van der Waals surface area contributed by atoms with Crippen molar-refractivity contribution >= 4 is 11.6 Å². The predicted molar refractivity (Wildman–Crippen MR) is 65.8 cm³/mol. The maximum absolute atomic E-state index is 12.4. The summed E-state index contributed by atoms with van der Waals surface area (Å²) in [5, 5.41) is 0. The number of aromatic nitrogens is 1. The zero-order valence-electron chi connectivity index (χ0n) is 10.4. The van der Waals surface area contributed by atoms with Gasteiger partial charge in [-0.15, -0.1) is 0 Å². The number of ether oxygens (including phenoxy) is 2. The molecular weight excluding hydrogens is 232 g/mol. The summed E-state index contributed by atoms with van der Waals surface area (Å²) in [4.78, 5) is 18.4. The van der Waals surface area contributed by atoms with Gasteiger partial charge in [0.05, 0.1) is 6.54 Å². The van der Waals surface area contributed by atoms with Gasteiger partial charge in [-0.25, -0.2) is 4.98 Å². The van der Waals surface area contributed by atoms with Crippen LogP contribution in [-0.4, -0.2) is 36.8 Å². The van der Waals surface area contributed by atoms with Gasteiger partial charge in [0, 0.05) is 12.8 Å². The molecule has 0 spiro atoms. The molecule has 0 N–H and O–H groups in total. The number of amides is 1. The van der Waals surface area contributed by atoms with Crippen LogP contribution in [0.15, 0.2) is 12.3 Å². The van der Waals surface area contributed by atoms with Gasteiger partial charge in [-0.3, -0.25) is 4.79 Å². The quantitative estimate of drug-likeness (QED) is 0.751. The van der Waals surface area contributed by atoms with Crippen molar-refractivity contribution < 1.29 is 14.3 Å². The number of hydrogen-bond donors (Lipinski definition) is 0. The Morgan fingerprint density at radius 3 is 3.17 bits per heavy atom. The minimum absolute atomic E-state index is 0.0319. The Morgan fingerprint density at radius 1 is 1.50 bits per heavy atom. The normalized spacial score (nSPS) is 22.5. The zero-order valence-corrected chi connectivity index (χ0v) is 10.4. The van der Waals surface area contributed by atoms with E-state index >= 15 is 0 Å². The summed E-state index contributed by atoms with van der Waals surface area (Å²) in [5.74, 6) is 0.572. The summed E-state index contributed by atoms with van der Waals surface area (Å²) < 4.78 is 10.9. The van der Waals surface area contributed by atoms with Crippen LogP contribution in [0.1, 0.15) is 18.4 Å². The van der Waals surface area contributed by atoms with Crippen LogP contribution in [0.25, 0.3) is 0 Å². The molecule has 2 aliphatic heterocycles. The Kier molecular flexibility index (Phi) is 2.91. The van der Waals surface area contributed by atoms with Gasteiger partial charge in [0.2, 0.25) is 5.88 Å². The van der Waals surface area contributed by atoms with Gasteiger partial charge in [0.25, 0.3) is 5.91 Å². The number of pyridine rings is 1. The lowest BCUT2D eigenvalue weighted by Gasteiger charge is -2.30. The van der Waals surface area contributed by atoms with Crippen molar-refractivity contribution in [3.05, 3.63) is 17.8 Å². The van der Waals surface area contributed by atoms with Crippen LogP contribution in [0.5, 0.6) is 5.88 Å². The summed E-state index contributed by atoms with van der Waals surface area (Å²) in [6, 6.07) is 1.94. The number of rotatable bonds is 1. The fourth-order valence-corrected chi connectivity index (χ4v) is 2.38. The van der Waals surface area contributed by atoms with Crippen LogP contribution in [0.3, 0.4) is 0 Å². The number of hydrogen-bond acceptors (Lipinski definition) is 4. The monoisotopic (exact) mass is 248 g/mol.